The van der Waals surface area contributed by atoms with E-state index in [9.17, 15) is 18.0 Å². The van der Waals surface area contributed by atoms with Gasteiger partial charge in [-0.1, -0.05) is 18.2 Å². The smallest absolute Gasteiger partial charge is 0.266 e. The van der Waals surface area contributed by atoms with Gasteiger partial charge in [-0.05, 0) is 18.6 Å². The van der Waals surface area contributed by atoms with Crippen molar-refractivity contribution < 1.29 is 18.0 Å². The van der Waals surface area contributed by atoms with Crippen LogP contribution in [0.3, 0.4) is 0 Å². The first kappa shape index (κ1) is 15.2. The summed E-state index contributed by atoms with van der Waals surface area (Å²) in [5, 5.41) is 0. The molecule has 0 saturated heterocycles. The molecule has 0 fully saturated rings. The Kier molecular flexibility index (Phi) is 4.66. The predicted octanol–water partition coefficient (Wildman–Crippen LogP) is 0.408. The summed E-state index contributed by atoms with van der Waals surface area (Å²) in [5.74, 6) is -1.31. The number of benzene rings is 1. The molecule has 0 heterocycles. The average molecular weight is 284 g/mol. The van der Waals surface area contributed by atoms with Gasteiger partial charge in [-0.3, -0.25) is 9.59 Å². The van der Waals surface area contributed by atoms with Crippen molar-refractivity contribution in [3.8, 4) is 0 Å². The lowest BCUT2D eigenvalue weighted by Crippen LogP contribution is -2.34. The summed E-state index contributed by atoms with van der Waals surface area (Å²) in [6.07, 6.45) is -0.399. The van der Waals surface area contributed by atoms with E-state index in [1.807, 2.05) is 0 Å². The van der Waals surface area contributed by atoms with Gasteiger partial charge in [0.15, 0.2) is 0 Å². The van der Waals surface area contributed by atoms with Crippen molar-refractivity contribution in [1.29, 1.82) is 0 Å². The fraction of sp³-hybridized carbons (Fsp3) is 0.333. The minimum Gasteiger partial charge on any atom is -0.370 e. The quantitative estimate of drug-likeness (QED) is 0.846. The highest BCUT2D eigenvalue weighted by Gasteiger charge is 2.26. The number of hydrogen-bond acceptors (Lipinski definition) is 4. The maximum atomic E-state index is 12.2. The second-order valence-corrected chi connectivity index (χ2v) is 6.04. The Hall–Kier alpha value is -1.89. The largest absolute Gasteiger partial charge is 0.370 e. The van der Waals surface area contributed by atoms with Crippen LogP contribution in [-0.2, 0) is 19.6 Å². The fourth-order valence-electron chi connectivity index (χ4n) is 1.51. The van der Waals surface area contributed by atoms with Crippen molar-refractivity contribution in [1.82, 2.24) is 4.31 Å². The summed E-state index contributed by atoms with van der Waals surface area (Å²) in [4.78, 5) is 22.4. The summed E-state index contributed by atoms with van der Waals surface area (Å²) in [7, 11) is -2.71. The van der Waals surface area contributed by atoms with Crippen LogP contribution in [0, 0.1) is 6.92 Å². The van der Waals surface area contributed by atoms with E-state index in [-0.39, 0.29) is 17.7 Å². The molecule has 1 aromatic rings. The van der Waals surface area contributed by atoms with Crippen LogP contribution < -0.4 is 5.73 Å². The third-order valence-corrected chi connectivity index (χ3v) is 4.61. The van der Waals surface area contributed by atoms with Gasteiger partial charge in [0.2, 0.25) is 11.8 Å². The SMILES string of the molecule is Cc1ccccc1S(=O)(=O)N(C)C(=O)CCC(N)=O. The van der Waals surface area contributed by atoms with Gasteiger partial charge in [0.25, 0.3) is 10.0 Å². The van der Waals surface area contributed by atoms with Gasteiger partial charge < -0.3 is 5.73 Å². The Bertz CT molecular complexity index is 596. The van der Waals surface area contributed by atoms with Gasteiger partial charge in [-0.25, -0.2) is 12.7 Å². The zero-order chi connectivity index (χ0) is 14.6. The summed E-state index contributed by atoms with van der Waals surface area (Å²) in [5.41, 5.74) is 5.48. The molecular weight excluding hydrogens is 268 g/mol. The van der Waals surface area contributed by atoms with Crippen LogP contribution in [0.2, 0.25) is 0 Å². The number of amides is 2. The zero-order valence-electron chi connectivity index (χ0n) is 10.8. The first-order valence-electron chi connectivity index (χ1n) is 5.62. The molecule has 2 N–H and O–H groups in total. The number of primary amides is 1. The van der Waals surface area contributed by atoms with E-state index in [1.165, 1.54) is 13.1 Å². The van der Waals surface area contributed by atoms with E-state index in [1.54, 1.807) is 25.1 Å². The monoisotopic (exact) mass is 284 g/mol. The molecule has 104 valence electrons. The molecule has 0 bridgehead atoms. The Morgan fingerprint density at radius 3 is 2.32 bits per heavy atom. The van der Waals surface area contributed by atoms with Crippen molar-refractivity contribution >= 4 is 21.8 Å². The van der Waals surface area contributed by atoms with Crippen LogP contribution in [0.25, 0.3) is 0 Å². The first-order valence-corrected chi connectivity index (χ1v) is 7.06. The lowest BCUT2D eigenvalue weighted by atomic mass is 10.2. The first-order chi connectivity index (χ1) is 8.76. The molecule has 7 heteroatoms. The minimum atomic E-state index is -3.89. The normalized spacial score (nSPS) is 11.1. The Morgan fingerprint density at radius 1 is 1.21 bits per heavy atom. The summed E-state index contributed by atoms with van der Waals surface area (Å²) >= 11 is 0. The van der Waals surface area contributed by atoms with Crippen LogP contribution in [0.5, 0.6) is 0 Å². The van der Waals surface area contributed by atoms with E-state index in [4.69, 9.17) is 5.73 Å². The van der Waals surface area contributed by atoms with Gasteiger partial charge in [0.1, 0.15) is 0 Å². The van der Waals surface area contributed by atoms with Crippen LogP contribution in [-0.4, -0.2) is 31.6 Å². The van der Waals surface area contributed by atoms with Gasteiger partial charge in [0, 0.05) is 19.9 Å². The van der Waals surface area contributed by atoms with E-state index in [2.05, 4.69) is 0 Å². The van der Waals surface area contributed by atoms with Crippen molar-refractivity contribution in [2.24, 2.45) is 5.73 Å². The van der Waals surface area contributed by atoms with Gasteiger partial charge in [-0.15, -0.1) is 0 Å². The molecule has 6 nitrogen and oxygen atoms in total. The average Bonchev–Trinajstić information content (AvgIpc) is 2.35. The highest BCUT2D eigenvalue weighted by molar-refractivity contribution is 7.89. The van der Waals surface area contributed by atoms with E-state index in [0.29, 0.717) is 9.87 Å². The van der Waals surface area contributed by atoms with Gasteiger partial charge in [-0.2, -0.15) is 0 Å². The molecule has 0 aromatic heterocycles. The van der Waals surface area contributed by atoms with Crippen molar-refractivity contribution in [2.45, 2.75) is 24.7 Å². The van der Waals surface area contributed by atoms with Crippen LogP contribution >= 0.6 is 0 Å². The lowest BCUT2D eigenvalue weighted by molar-refractivity contribution is -0.128. The molecule has 1 rings (SSSR count). The van der Waals surface area contributed by atoms with Gasteiger partial charge in [0.05, 0.1) is 4.90 Å². The summed E-state index contributed by atoms with van der Waals surface area (Å²) in [6.45, 7) is 1.65. The minimum absolute atomic E-state index is 0.0740. The Labute approximate surface area is 112 Å². The molecule has 0 unspecified atom stereocenters. The van der Waals surface area contributed by atoms with Crippen molar-refractivity contribution in [2.75, 3.05) is 7.05 Å². The molecule has 1 aromatic carbocycles. The van der Waals surface area contributed by atoms with E-state index in [0.717, 1.165) is 0 Å². The number of carbonyl (C=O) groups excluding carboxylic acids is 2. The molecule has 0 atom stereocenters. The maximum absolute atomic E-state index is 12.2. The lowest BCUT2D eigenvalue weighted by Gasteiger charge is -2.18. The fourth-order valence-corrected chi connectivity index (χ4v) is 2.89. The van der Waals surface area contributed by atoms with Crippen LogP contribution in [0.15, 0.2) is 29.2 Å². The molecule has 0 aliphatic heterocycles. The van der Waals surface area contributed by atoms with Crippen molar-refractivity contribution in [3.05, 3.63) is 29.8 Å². The number of rotatable bonds is 5. The van der Waals surface area contributed by atoms with E-state index >= 15 is 0 Å². The number of sulfonamides is 1. The zero-order valence-corrected chi connectivity index (χ0v) is 11.6. The number of nitrogens with zero attached hydrogens (tertiary/aromatic N) is 1. The number of nitrogens with two attached hydrogens (primary N) is 1. The molecule has 19 heavy (non-hydrogen) atoms. The third-order valence-electron chi connectivity index (χ3n) is 2.67. The standard InChI is InChI=1S/C12H16N2O4S/c1-9-5-3-4-6-10(9)19(17,18)14(2)12(16)8-7-11(13)15/h3-6H,7-8H2,1-2H3,(H2,13,15). The third kappa shape index (κ3) is 3.54. The number of hydrogen-bond donors (Lipinski definition) is 1. The second-order valence-electron chi connectivity index (χ2n) is 4.10. The molecule has 0 radical (unpaired) electrons. The predicted molar refractivity (Wildman–Crippen MR) is 69.6 cm³/mol. The highest BCUT2D eigenvalue weighted by atomic mass is 32.2. The topological polar surface area (TPSA) is 97.5 Å². The molecule has 0 saturated carbocycles. The summed E-state index contributed by atoms with van der Waals surface area (Å²) in [6, 6.07) is 6.38. The molecule has 0 aliphatic rings. The van der Waals surface area contributed by atoms with Crippen molar-refractivity contribution in [3.63, 3.8) is 0 Å². The molecule has 0 spiro atoms. The van der Waals surface area contributed by atoms with E-state index < -0.39 is 21.8 Å². The highest BCUT2D eigenvalue weighted by Crippen LogP contribution is 2.19. The molecular formula is C12H16N2O4S. The maximum Gasteiger partial charge on any atom is 0.266 e. The Morgan fingerprint density at radius 2 is 1.79 bits per heavy atom. The Balaban J connectivity index is 2.98. The molecule has 2 amide bonds. The van der Waals surface area contributed by atoms with Crippen LogP contribution in [0.1, 0.15) is 18.4 Å². The van der Waals surface area contributed by atoms with Gasteiger partial charge >= 0.3 is 0 Å². The molecule has 0 aliphatic carbocycles. The number of carbonyl (C=O) groups is 2. The summed E-state index contributed by atoms with van der Waals surface area (Å²) < 4.78 is 25.1. The second kappa shape index (κ2) is 5.83. The van der Waals surface area contributed by atoms with Crippen LogP contribution in [0.4, 0.5) is 0 Å². The number of aryl methyl sites for hydroxylation is 1.